The molecule has 0 bridgehead atoms. The van der Waals surface area contributed by atoms with Gasteiger partial charge in [-0.05, 0) is 25.4 Å². The largest absolute Gasteiger partial charge is 0.306 e. The Balaban J connectivity index is 2.97. The quantitative estimate of drug-likeness (QED) is 0.529. The van der Waals surface area contributed by atoms with Crippen molar-refractivity contribution in [3.8, 4) is 0 Å². The highest BCUT2D eigenvalue weighted by Crippen LogP contribution is 1.82. The van der Waals surface area contributed by atoms with Gasteiger partial charge in [0.25, 0.3) is 0 Å². The van der Waals surface area contributed by atoms with Gasteiger partial charge in [0.1, 0.15) is 0 Å². The summed E-state index contributed by atoms with van der Waals surface area (Å²) in [6.45, 7) is 4.35. The second-order valence-electron chi connectivity index (χ2n) is 1.85. The van der Waals surface area contributed by atoms with Gasteiger partial charge in [0.15, 0.2) is 0 Å². The standard InChI is InChI=1S/C6H13NS/c1-3-7(2)5-4-6-8/h6H,3-5H2,1-2H3. The Hall–Kier alpha value is 0.0500. The lowest BCUT2D eigenvalue weighted by atomic mass is 10.4. The second kappa shape index (κ2) is 5.19. The van der Waals surface area contributed by atoms with Crippen molar-refractivity contribution in [2.24, 2.45) is 0 Å². The molecule has 0 saturated carbocycles. The van der Waals surface area contributed by atoms with Gasteiger partial charge in [-0.3, -0.25) is 0 Å². The summed E-state index contributed by atoms with van der Waals surface area (Å²) in [6.07, 6.45) is 1.03. The minimum atomic E-state index is 1.03. The van der Waals surface area contributed by atoms with Crippen LogP contribution in [0.15, 0.2) is 0 Å². The third-order valence-corrected chi connectivity index (χ3v) is 1.40. The molecule has 0 saturated heterocycles. The zero-order valence-corrected chi connectivity index (χ0v) is 6.37. The van der Waals surface area contributed by atoms with E-state index in [-0.39, 0.29) is 0 Å². The highest BCUT2D eigenvalue weighted by Gasteiger charge is 1.88. The van der Waals surface area contributed by atoms with Crippen molar-refractivity contribution >= 4 is 17.6 Å². The lowest BCUT2D eigenvalue weighted by Crippen LogP contribution is -2.18. The Morgan fingerprint density at radius 1 is 1.62 bits per heavy atom. The van der Waals surface area contributed by atoms with Crippen LogP contribution < -0.4 is 0 Å². The van der Waals surface area contributed by atoms with Crippen molar-refractivity contribution in [1.29, 1.82) is 0 Å². The molecule has 1 nitrogen and oxygen atoms in total. The number of nitrogens with zero attached hydrogens (tertiary/aromatic N) is 1. The molecular formula is C6H13NS. The maximum Gasteiger partial charge on any atom is 0.00209 e. The van der Waals surface area contributed by atoms with E-state index in [1.807, 2.05) is 0 Å². The molecule has 0 aliphatic carbocycles. The van der Waals surface area contributed by atoms with E-state index in [4.69, 9.17) is 0 Å². The zero-order valence-electron chi connectivity index (χ0n) is 5.55. The monoisotopic (exact) mass is 131 g/mol. The first kappa shape index (κ1) is 8.05. The highest BCUT2D eigenvalue weighted by atomic mass is 32.1. The van der Waals surface area contributed by atoms with Gasteiger partial charge in [0.2, 0.25) is 0 Å². The lowest BCUT2D eigenvalue weighted by molar-refractivity contribution is 0.365. The van der Waals surface area contributed by atoms with Crippen LogP contribution in [-0.4, -0.2) is 30.4 Å². The molecule has 2 heteroatoms. The van der Waals surface area contributed by atoms with E-state index < -0.39 is 0 Å². The predicted molar refractivity (Wildman–Crippen MR) is 41.4 cm³/mol. The van der Waals surface area contributed by atoms with E-state index >= 15 is 0 Å². The van der Waals surface area contributed by atoms with Gasteiger partial charge in [0.05, 0.1) is 0 Å². The first-order valence-corrected chi connectivity index (χ1v) is 3.40. The molecular weight excluding hydrogens is 118 g/mol. The molecule has 0 N–H and O–H groups in total. The normalized spacial score (nSPS) is 9.88. The first-order valence-electron chi connectivity index (χ1n) is 2.93. The van der Waals surface area contributed by atoms with Crippen LogP contribution in [0.25, 0.3) is 0 Å². The molecule has 8 heavy (non-hydrogen) atoms. The van der Waals surface area contributed by atoms with Gasteiger partial charge in [-0.25, -0.2) is 0 Å². The Bertz CT molecular complexity index is 63.5. The Morgan fingerprint density at radius 3 is 2.62 bits per heavy atom. The van der Waals surface area contributed by atoms with Crippen molar-refractivity contribution in [1.82, 2.24) is 4.90 Å². The molecule has 0 aromatic heterocycles. The van der Waals surface area contributed by atoms with Crippen molar-refractivity contribution in [2.45, 2.75) is 13.3 Å². The fraction of sp³-hybridized carbons (Fsp3) is 0.833. The third kappa shape index (κ3) is 4.22. The highest BCUT2D eigenvalue weighted by molar-refractivity contribution is 7.78. The molecule has 0 aromatic rings. The number of hydrogen-bond donors (Lipinski definition) is 0. The fourth-order valence-corrected chi connectivity index (χ4v) is 0.537. The van der Waals surface area contributed by atoms with E-state index in [1.165, 1.54) is 0 Å². The lowest BCUT2D eigenvalue weighted by Gasteiger charge is -2.10. The molecule has 0 radical (unpaired) electrons. The number of hydrogen-bond acceptors (Lipinski definition) is 2. The van der Waals surface area contributed by atoms with E-state index in [0.29, 0.717) is 0 Å². The van der Waals surface area contributed by atoms with Crippen LogP contribution in [0.2, 0.25) is 0 Å². The van der Waals surface area contributed by atoms with Crippen molar-refractivity contribution in [3.05, 3.63) is 0 Å². The van der Waals surface area contributed by atoms with Crippen LogP contribution in [-0.2, 0) is 0 Å². The summed E-state index contributed by atoms with van der Waals surface area (Å²) >= 11 is 4.67. The molecule has 0 heterocycles. The van der Waals surface area contributed by atoms with Crippen molar-refractivity contribution in [2.75, 3.05) is 20.1 Å². The van der Waals surface area contributed by atoms with Crippen LogP contribution in [0.4, 0.5) is 0 Å². The Morgan fingerprint density at radius 2 is 2.25 bits per heavy atom. The number of rotatable bonds is 4. The molecule has 0 unspecified atom stereocenters. The maximum absolute atomic E-state index is 4.67. The Labute approximate surface area is 56.7 Å². The summed E-state index contributed by atoms with van der Waals surface area (Å²) in [7, 11) is 2.10. The van der Waals surface area contributed by atoms with Gasteiger partial charge >= 0.3 is 0 Å². The Kier molecular flexibility index (Phi) is 5.22. The second-order valence-corrected chi connectivity index (χ2v) is 2.18. The van der Waals surface area contributed by atoms with Crippen LogP contribution in [0.5, 0.6) is 0 Å². The van der Waals surface area contributed by atoms with E-state index in [1.54, 1.807) is 5.37 Å². The summed E-state index contributed by atoms with van der Waals surface area (Å²) in [5.74, 6) is 0. The van der Waals surface area contributed by atoms with Gasteiger partial charge in [-0.2, -0.15) is 0 Å². The van der Waals surface area contributed by atoms with E-state index in [9.17, 15) is 0 Å². The molecule has 0 fully saturated rings. The molecule has 0 rings (SSSR count). The van der Waals surface area contributed by atoms with Gasteiger partial charge in [-0.1, -0.05) is 19.1 Å². The topological polar surface area (TPSA) is 3.24 Å². The third-order valence-electron chi connectivity index (χ3n) is 1.17. The van der Waals surface area contributed by atoms with Crippen molar-refractivity contribution in [3.63, 3.8) is 0 Å². The molecule has 48 valence electrons. The van der Waals surface area contributed by atoms with E-state index in [2.05, 4.69) is 31.1 Å². The zero-order chi connectivity index (χ0) is 6.41. The molecule has 0 spiro atoms. The van der Waals surface area contributed by atoms with Crippen LogP contribution >= 0.6 is 12.2 Å². The van der Waals surface area contributed by atoms with Crippen LogP contribution in [0.3, 0.4) is 0 Å². The fourth-order valence-electron chi connectivity index (χ4n) is 0.431. The summed E-state index contributed by atoms with van der Waals surface area (Å²) in [5, 5.41) is 1.78. The summed E-state index contributed by atoms with van der Waals surface area (Å²) < 4.78 is 0. The van der Waals surface area contributed by atoms with Crippen molar-refractivity contribution < 1.29 is 0 Å². The smallest absolute Gasteiger partial charge is 0.00209 e. The van der Waals surface area contributed by atoms with Crippen LogP contribution in [0, 0.1) is 0 Å². The summed E-state index contributed by atoms with van der Waals surface area (Å²) in [5.41, 5.74) is 0. The van der Waals surface area contributed by atoms with Gasteiger partial charge in [-0.15, -0.1) is 0 Å². The van der Waals surface area contributed by atoms with E-state index in [0.717, 1.165) is 19.5 Å². The number of thiocarbonyl (C=S) groups is 1. The minimum Gasteiger partial charge on any atom is -0.306 e. The summed E-state index contributed by atoms with van der Waals surface area (Å²) in [4.78, 5) is 2.24. The van der Waals surface area contributed by atoms with Gasteiger partial charge < -0.3 is 4.90 Å². The molecule has 0 atom stereocenters. The van der Waals surface area contributed by atoms with Gasteiger partial charge in [0, 0.05) is 6.54 Å². The first-order chi connectivity index (χ1) is 3.81. The maximum atomic E-state index is 4.67. The average Bonchev–Trinajstić information content (AvgIpc) is 1.83. The molecule has 0 aliphatic heterocycles. The average molecular weight is 131 g/mol. The molecule has 0 amide bonds. The predicted octanol–water partition coefficient (Wildman–Crippen LogP) is 1.33. The van der Waals surface area contributed by atoms with Crippen LogP contribution in [0.1, 0.15) is 13.3 Å². The molecule has 0 aromatic carbocycles. The minimum absolute atomic E-state index is 1.03. The SMILES string of the molecule is CCN(C)CCC=S. The summed E-state index contributed by atoms with van der Waals surface area (Å²) in [6, 6.07) is 0. The molecule has 0 aliphatic rings.